The molecule has 0 saturated carbocycles. The highest BCUT2D eigenvalue weighted by atomic mass is 16.6. The lowest BCUT2D eigenvalue weighted by Gasteiger charge is -2.25. The molecular formula is C23H32N4O7. The van der Waals surface area contributed by atoms with Crippen LogP contribution in [-0.2, 0) is 18.9 Å². The van der Waals surface area contributed by atoms with Gasteiger partial charge in [0.2, 0.25) is 0 Å². The van der Waals surface area contributed by atoms with Crippen LogP contribution < -0.4 is 9.64 Å². The standard InChI is InChI=1S/C23H32N4O7/c1-30-14-16-33-12-10-26(11-13-34-17-15-31-2)21-8-9-22(23(18-21)32-3)25-24-19-4-6-20(7-5-19)27(28)29/h4-9,18H,10-17H2,1-3H3/b25-24+. The molecule has 11 heteroatoms. The number of rotatable bonds is 17. The predicted molar refractivity (Wildman–Crippen MR) is 128 cm³/mol. The van der Waals surface area contributed by atoms with Gasteiger partial charge in [-0.05, 0) is 24.3 Å². The summed E-state index contributed by atoms with van der Waals surface area (Å²) in [4.78, 5) is 12.5. The van der Waals surface area contributed by atoms with E-state index in [0.717, 1.165) is 5.69 Å². The number of non-ortho nitro benzene ring substituents is 1. The first-order chi connectivity index (χ1) is 16.6. The molecule has 0 spiro atoms. The molecule has 11 nitrogen and oxygen atoms in total. The predicted octanol–water partition coefficient (Wildman–Crippen LogP) is 4.15. The van der Waals surface area contributed by atoms with E-state index in [0.29, 0.717) is 69.9 Å². The van der Waals surface area contributed by atoms with Crippen LogP contribution in [0.25, 0.3) is 0 Å². The Morgan fingerprint density at radius 1 is 0.824 bits per heavy atom. The van der Waals surface area contributed by atoms with Crippen LogP contribution >= 0.6 is 0 Å². The van der Waals surface area contributed by atoms with Gasteiger partial charge in [0.1, 0.15) is 11.4 Å². The number of azo groups is 1. The Morgan fingerprint density at radius 3 is 1.97 bits per heavy atom. The largest absolute Gasteiger partial charge is 0.494 e. The maximum atomic E-state index is 10.8. The Hall–Kier alpha value is -3.12. The number of hydrogen-bond donors (Lipinski definition) is 0. The molecule has 0 N–H and O–H groups in total. The number of benzene rings is 2. The molecule has 0 aliphatic heterocycles. The lowest BCUT2D eigenvalue weighted by molar-refractivity contribution is -0.384. The monoisotopic (exact) mass is 476 g/mol. The summed E-state index contributed by atoms with van der Waals surface area (Å²) < 4.78 is 26.8. The molecule has 0 unspecified atom stereocenters. The molecule has 186 valence electrons. The van der Waals surface area contributed by atoms with Crippen LogP contribution in [0.15, 0.2) is 52.7 Å². The average Bonchev–Trinajstić information content (AvgIpc) is 2.86. The summed E-state index contributed by atoms with van der Waals surface area (Å²) in [6.07, 6.45) is 0. The molecular weight excluding hydrogens is 444 g/mol. The van der Waals surface area contributed by atoms with E-state index in [4.69, 9.17) is 23.7 Å². The highest BCUT2D eigenvalue weighted by Gasteiger charge is 2.11. The van der Waals surface area contributed by atoms with E-state index in [2.05, 4.69) is 15.1 Å². The lowest BCUT2D eigenvalue weighted by atomic mass is 10.2. The fraction of sp³-hybridized carbons (Fsp3) is 0.478. The molecule has 2 rings (SSSR count). The third-order valence-electron chi connectivity index (χ3n) is 4.74. The van der Waals surface area contributed by atoms with Gasteiger partial charge in [-0.2, -0.15) is 5.11 Å². The molecule has 0 aromatic heterocycles. The lowest BCUT2D eigenvalue weighted by Crippen LogP contribution is -2.31. The SMILES string of the molecule is COCCOCCN(CCOCCOC)c1ccc(/N=N/c2ccc([N+](=O)[O-])cc2)c(OC)c1. The van der Waals surface area contributed by atoms with E-state index < -0.39 is 4.92 Å². The minimum atomic E-state index is -0.459. The third-order valence-corrected chi connectivity index (χ3v) is 4.74. The zero-order valence-electron chi connectivity index (χ0n) is 19.8. The van der Waals surface area contributed by atoms with E-state index >= 15 is 0 Å². The van der Waals surface area contributed by atoms with Gasteiger partial charge in [0, 0.05) is 51.2 Å². The van der Waals surface area contributed by atoms with Crippen molar-refractivity contribution in [1.82, 2.24) is 0 Å². The Morgan fingerprint density at radius 2 is 1.44 bits per heavy atom. The molecule has 0 amide bonds. The molecule has 0 radical (unpaired) electrons. The van der Waals surface area contributed by atoms with Crippen molar-refractivity contribution in [3.8, 4) is 5.75 Å². The van der Waals surface area contributed by atoms with Gasteiger partial charge < -0.3 is 28.6 Å². The van der Waals surface area contributed by atoms with E-state index in [-0.39, 0.29) is 5.69 Å². The van der Waals surface area contributed by atoms with E-state index in [1.165, 1.54) is 24.3 Å². The van der Waals surface area contributed by atoms with Crippen LogP contribution in [0, 0.1) is 10.1 Å². The van der Waals surface area contributed by atoms with Crippen LogP contribution in [0.4, 0.5) is 22.7 Å². The zero-order chi connectivity index (χ0) is 24.6. The first-order valence-corrected chi connectivity index (χ1v) is 10.8. The van der Waals surface area contributed by atoms with E-state index in [1.54, 1.807) is 21.3 Å². The summed E-state index contributed by atoms with van der Waals surface area (Å²) >= 11 is 0. The number of anilines is 1. The van der Waals surface area contributed by atoms with Crippen molar-refractivity contribution in [2.45, 2.75) is 0 Å². The van der Waals surface area contributed by atoms with Gasteiger partial charge in [-0.25, -0.2) is 0 Å². The minimum absolute atomic E-state index is 0.00151. The smallest absolute Gasteiger partial charge is 0.269 e. The van der Waals surface area contributed by atoms with Crippen molar-refractivity contribution in [3.63, 3.8) is 0 Å². The van der Waals surface area contributed by atoms with Crippen molar-refractivity contribution < 1.29 is 28.6 Å². The van der Waals surface area contributed by atoms with Crippen molar-refractivity contribution >= 4 is 22.7 Å². The second kappa shape index (κ2) is 15.7. The molecule has 0 aliphatic rings. The molecule has 0 saturated heterocycles. The van der Waals surface area contributed by atoms with E-state index in [9.17, 15) is 10.1 Å². The molecule has 0 aliphatic carbocycles. The topological polar surface area (TPSA) is 117 Å². The number of methoxy groups -OCH3 is 3. The number of nitro groups is 1. The van der Waals surface area contributed by atoms with Gasteiger partial charge in [0.25, 0.3) is 5.69 Å². The maximum absolute atomic E-state index is 10.8. The van der Waals surface area contributed by atoms with Crippen LogP contribution in [0.1, 0.15) is 0 Å². The van der Waals surface area contributed by atoms with Gasteiger partial charge in [0.05, 0.1) is 57.4 Å². The van der Waals surface area contributed by atoms with Crippen molar-refractivity contribution in [2.24, 2.45) is 10.2 Å². The fourth-order valence-electron chi connectivity index (χ4n) is 2.91. The average molecular weight is 477 g/mol. The molecule has 34 heavy (non-hydrogen) atoms. The second-order valence-corrected chi connectivity index (χ2v) is 7.03. The quantitative estimate of drug-likeness (QED) is 0.145. The van der Waals surface area contributed by atoms with Gasteiger partial charge in [-0.3, -0.25) is 10.1 Å². The van der Waals surface area contributed by atoms with Crippen molar-refractivity contribution in [1.29, 1.82) is 0 Å². The molecule has 0 bridgehead atoms. The summed E-state index contributed by atoms with van der Waals surface area (Å²) in [5.41, 5.74) is 1.97. The van der Waals surface area contributed by atoms with Crippen molar-refractivity contribution in [2.75, 3.05) is 79.0 Å². The Balaban J connectivity index is 2.09. The Labute approximate surface area is 199 Å². The molecule has 2 aromatic rings. The first-order valence-electron chi connectivity index (χ1n) is 10.8. The van der Waals surface area contributed by atoms with Crippen LogP contribution in [-0.4, -0.2) is 79.0 Å². The van der Waals surface area contributed by atoms with Crippen molar-refractivity contribution in [3.05, 3.63) is 52.6 Å². The Bertz CT molecular complexity index is 879. The summed E-state index contributed by atoms with van der Waals surface area (Å²) in [6, 6.07) is 11.5. The molecule has 2 aromatic carbocycles. The highest BCUT2D eigenvalue weighted by Crippen LogP contribution is 2.33. The number of nitrogens with zero attached hydrogens (tertiary/aromatic N) is 4. The minimum Gasteiger partial charge on any atom is -0.494 e. The van der Waals surface area contributed by atoms with Crippen LogP contribution in [0.3, 0.4) is 0 Å². The first kappa shape index (κ1) is 27.1. The summed E-state index contributed by atoms with van der Waals surface area (Å²) in [5, 5.41) is 19.2. The zero-order valence-corrected chi connectivity index (χ0v) is 19.8. The third kappa shape index (κ3) is 9.40. The summed E-state index contributed by atoms with van der Waals surface area (Å²) in [5.74, 6) is 0.550. The van der Waals surface area contributed by atoms with Crippen LogP contribution in [0.5, 0.6) is 5.75 Å². The van der Waals surface area contributed by atoms with Crippen LogP contribution in [0.2, 0.25) is 0 Å². The number of hydrogen-bond acceptors (Lipinski definition) is 10. The van der Waals surface area contributed by atoms with Gasteiger partial charge in [-0.15, -0.1) is 5.11 Å². The molecule has 0 heterocycles. The highest BCUT2D eigenvalue weighted by molar-refractivity contribution is 5.62. The molecule has 0 fully saturated rings. The van der Waals surface area contributed by atoms with Gasteiger partial charge in [-0.1, -0.05) is 0 Å². The summed E-state index contributed by atoms with van der Waals surface area (Å²) in [6.45, 7) is 4.52. The molecule has 0 atom stereocenters. The normalized spacial score (nSPS) is 11.1. The maximum Gasteiger partial charge on any atom is 0.269 e. The van der Waals surface area contributed by atoms with E-state index in [1.807, 2.05) is 18.2 Å². The fourth-order valence-corrected chi connectivity index (χ4v) is 2.91. The second-order valence-electron chi connectivity index (χ2n) is 7.03. The number of nitro benzene ring substituents is 1. The van der Waals surface area contributed by atoms with Gasteiger partial charge >= 0.3 is 0 Å². The number of ether oxygens (including phenoxy) is 5. The Kier molecular flexibility index (Phi) is 12.5. The van der Waals surface area contributed by atoms with Gasteiger partial charge in [0.15, 0.2) is 0 Å². The summed E-state index contributed by atoms with van der Waals surface area (Å²) in [7, 11) is 4.84.